The second-order valence-corrected chi connectivity index (χ2v) is 10.7. The summed E-state index contributed by atoms with van der Waals surface area (Å²) in [5.74, 6) is 0.348. The van der Waals surface area contributed by atoms with E-state index in [1.165, 1.54) is 0 Å². The number of carbonyl (C=O) groups is 1. The molecule has 1 aromatic carbocycles. The summed E-state index contributed by atoms with van der Waals surface area (Å²) in [6.07, 6.45) is 1.89. The summed E-state index contributed by atoms with van der Waals surface area (Å²) in [5, 5.41) is 1.08. The average Bonchev–Trinajstić information content (AvgIpc) is 2.99. The molecule has 6 nitrogen and oxygen atoms in total. The number of halogens is 1. The maximum absolute atomic E-state index is 13.4. The van der Waals surface area contributed by atoms with Gasteiger partial charge in [0.1, 0.15) is 0 Å². The van der Waals surface area contributed by atoms with Crippen molar-refractivity contribution in [3.8, 4) is 0 Å². The van der Waals surface area contributed by atoms with Crippen molar-refractivity contribution in [1.29, 1.82) is 0 Å². The van der Waals surface area contributed by atoms with Crippen LogP contribution in [-0.4, -0.2) is 49.7 Å². The van der Waals surface area contributed by atoms with E-state index in [2.05, 4.69) is 40.1 Å². The van der Waals surface area contributed by atoms with E-state index in [-0.39, 0.29) is 22.4 Å². The first kappa shape index (κ1) is 22.6. The van der Waals surface area contributed by atoms with Crippen LogP contribution in [0.3, 0.4) is 0 Å². The fourth-order valence-electron chi connectivity index (χ4n) is 4.39. The Labute approximate surface area is 186 Å². The maximum Gasteiger partial charge on any atom is 0.264 e. The van der Waals surface area contributed by atoms with Crippen molar-refractivity contribution in [3.05, 3.63) is 35.5 Å². The van der Waals surface area contributed by atoms with Crippen LogP contribution in [0, 0.1) is 5.92 Å². The van der Waals surface area contributed by atoms with Crippen molar-refractivity contribution < 1.29 is 17.4 Å². The van der Waals surface area contributed by atoms with Crippen molar-refractivity contribution in [2.45, 2.75) is 43.6 Å². The summed E-state index contributed by atoms with van der Waals surface area (Å²) < 4.78 is 30.3. The zero-order chi connectivity index (χ0) is 21.3. The highest BCUT2D eigenvalue weighted by molar-refractivity contribution is 14.1. The van der Waals surface area contributed by atoms with Crippen LogP contribution in [0.1, 0.15) is 48.3 Å². The molecule has 0 N–H and O–H groups in total. The van der Waals surface area contributed by atoms with Gasteiger partial charge < -0.3 is 9.47 Å². The molecule has 0 radical (unpaired) electrons. The standard InChI is InChI=1S/C21H29IN2O4S/c1-5-23(6-2)21(25)16-13-14(3)19(22)20-18(16)15-9-7-8-10-17(15)24(20)11-12-28-29(4,26)27/h7-10,14,16,19H,5-6,11-13H2,1-4H3. The van der Waals surface area contributed by atoms with E-state index >= 15 is 0 Å². The number of hydrogen-bond donors (Lipinski definition) is 0. The molecular formula is C21H29IN2O4S. The van der Waals surface area contributed by atoms with E-state index in [1.807, 2.05) is 36.9 Å². The van der Waals surface area contributed by atoms with Gasteiger partial charge in [0.25, 0.3) is 10.1 Å². The Kier molecular flexibility index (Phi) is 6.95. The number of carbonyl (C=O) groups excluding carboxylic acids is 1. The van der Waals surface area contributed by atoms with E-state index < -0.39 is 10.1 Å². The van der Waals surface area contributed by atoms with Gasteiger partial charge in [-0.3, -0.25) is 8.98 Å². The van der Waals surface area contributed by atoms with Gasteiger partial charge in [-0.2, -0.15) is 8.42 Å². The summed E-state index contributed by atoms with van der Waals surface area (Å²) in [4.78, 5) is 15.3. The molecular weight excluding hydrogens is 503 g/mol. The minimum Gasteiger partial charge on any atom is -0.343 e. The van der Waals surface area contributed by atoms with Gasteiger partial charge in [-0.15, -0.1) is 0 Å². The molecule has 1 heterocycles. The number of benzene rings is 1. The number of fused-ring (bicyclic) bond motifs is 3. The first-order valence-corrected chi connectivity index (χ1v) is 13.1. The highest BCUT2D eigenvalue weighted by atomic mass is 127. The molecule has 1 amide bonds. The third-order valence-corrected chi connectivity index (χ3v) is 8.17. The van der Waals surface area contributed by atoms with Crippen molar-refractivity contribution in [1.82, 2.24) is 9.47 Å². The van der Waals surface area contributed by atoms with Gasteiger partial charge >= 0.3 is 0 Å². The van der Waals surface area contributed by atoms with Crippen LogP contribution < -0.4 is 0 Å². The maximum atomic E-state index is 13.4. The largest absolute Gasteiger partial charge is 0.343 e. The molecule has 0 saturated heterocycles. The average molecular weight is 532 g/mol. The molecule has 0 aliphatic heterocycles. The van der Waals surface area contributed by atoms with Crippen molar-refractivity contribution in [2.75, 3.05) is 26.0 Å². The molecule has 0 spiro atoms. The Hall–Kier alpha value is -1.13. The fraction of sp³-hybridized carbons (Fsp3) is 0.571. The van der Waals surface area contributed by atoms with Crippen LogP contribution in [-0.2, 0) is 25.6 Å². The van der Waals surface area contributed by atoms with Gasteiger partial charge in [0.15, 0.2) is 0 Å². The third kappa shape index (κ3) is 4.49. The number of hydrogen-bond acceptors (Lipinski definition) is 4. The number of amides is 1. The SMILES string of the molecule is CCN(CC)C(=O)C1CC(C)C(I)c2c1c1ccccc1n2CCOS(C)(=O)=O. The highest BCUT2D eigenvalue weighted by Crippen LogP contribution is 2.50. The van der Waals surface area contributed by atoms with Gasteiger partial charge in [0, 0.05) is 36.2 Å². The molecule has 0 saturated carbocycles. The lowest BCUT2D eigenvalue weighted by atomic mass is 9.78. The zero-order valence-electron chi connectivity index (χ0n) is 17.4. The summed E-state index contributed by atoms with van der Waals surface area (Å²) >= 11 is 2.47. The molecule has 3 rings (SSSR count). The summed E-state index contributed by atoms with van der Waals surface area (Å²) in [5.41, 5.74) is 3.27. The van der Waals surface area contributed by atoms with E-state index in [9.17, 15) is 13.2 Å². The Morgan fingerprint density at radius 1 is 1.28 bits per heavy atom. The molecule has 1 aliphatic rings. The molecule has 0 bridgehead atoms. The summed E-state index contributed by atoms with van der Waals surface area (Å²) in [6, 6.07) is 8.10. The van der Waals surface area contributed by atoms with E-state index in [0.29, 0.717) is 25.6 Å². The normalized spacial score (nSPS) is 21.9. The first-order valence-electron chi connectivity index (χ1n) is 10.1. The van der Waals surface area contributed by atoms with E-state index in [4.69, 9.17) is 4.18 Å². The second-order valence-electron chi connectivity index (χ2n) is 7.67. The van der Waals surface area contributed by atoms with Crippen molar-refractivity contribution in [2.24, 2.45) is 5.92 Å². The number of para-hydroxylation sites is 1. The van der Waals surface area contributed by atoms with Gasteiger partial charge in [-0.25, -0.2) is 0 Å². The smallest absolute Gasteiger partial charge is 0.264 e. The Morgan fingerprint density at radius 2 is 1.93 bits per heavy atom. The minimum atomic E-state index is -3.49. The highest BCUT2D eigenvalue weighted by Gasteiger charge is 2.40. The molecule has 2 aromatic rings. The number of alkyl halides is 1. The predicted molar refractivity (Wildman–Crippen MR) is 124 cm³/mol. The van der Waals surface area contributed by atoms with E-state index in [0.717, 1.165) is 34.8 Å². The lowest BCUT2D eigenvalue weighted by Gasteiger charge is -2.35. The molecule has 160 valence electrons. The zero-order valence-corrected chi connectivity index (χ0v) is 20.4. The van der Waals surface area contributed by atoms with Crippen LogP contribution in [0.4, 0.5) is 0 Å². The number of rotatable bonds is 7. The fourth-order valence-corrected chi connectivity index (χ4v) is 5.74. The molecule has 3 atom stereocenters. The van der Waals surface area contributed by atoms with Crippen LogP contribution in [0.5, 0.6) is 0 Å². The quantitative estimate of drug-likeness (QED) is 0.306. The van der Waals surface area contributed by atoms with Gasteiger partial charge in [0.05, 0.1) is 22.7 Å². The van der Waals surface area contributed by atoms with Gasteiger partial charge in [0.2, 0.25) is 5.91 Å². The minimum absolute atomic E-state index is 0.0797. The molecule has 1 aliphatic carbocycles. The predicted octanol–water partition coefficient (Wildman–Crippen LogP) is 4.09. The van der Waals surface area contributed by atoms with Crippen molar-refractivity contribution >= 4 is 49.5 Å². The first-order chi connectivity index (χ1) is 13.7. The number of aromatic nitrogens is 1. The molecule has 3 unspecified atom stereocenters. The summed E-state index contributed by atoms with van der Waals surface area (Å²) in [6.45, 7) is 8.13. The van der Waals surface area contributed by atoms with Crippen LogP contribution >= 0.6 is 22.6 Å². The lowest BCUT2D eigenvalue weighted by Crippen LogP contribution is -2.37. The number of nitrogens with zero attached hydrogens (tertiary/aromatic N) is 2. The molecule has 29 heavy (non-hydrogen) atoms. The Balaban J connectivity index is 2.14. The topological polar surface area (TPSA) is 68.6 Å². The van der Waals surface area contributed by atoms with Crippen LogP contribution in [0.25, 0.3) is 10.9 Å². The Morgan fingerprint density at radius 3 is 2.55 bits per heavy atom. The van der Waals surface area contributed by atoms with E-state index in [1.54, 1.807) is 0 Å². The third-order valence-electron chi connectivity index (χ3n) is 5.75. The van der Waals surface area contributed by atoms with Crippen molar-refractivity contribution in [3.63, 3.8) is 0 Å². The number of likely N-dealkylation sites (N-methyl/N-ethyl adjacent to an activating group) is 1. The second kappa shape index (κ2) is 8.93. The van der Waals surface area contributed by atoms with Crippen LogP contribution in [0.15, 0.2) is 24.3 Å². The monoisotopic (exact) mass is 532 g/mol. The lowest BCUT2D eigenvalue weighted by molar-refractivity contribution is -0.133. The molecule has 8 heteroatoms. The molecule has 1 aromatic heterocycles. The Bertz CT molecular complexity index is 998. The van der Waals surface area contributed by atoms with Gasteiger partial charge in [-0.1, -0.05) is 47.7 Å². The molecule has 0 fully saturated rings. The van der Waals surface area contributed by atoms with Crippen LogP contribution in [0.2, 0.25) is 0 Å². The summed E-state index contributed by atoms with van der Waals surface area (Å²) in [7, 11) is -3.49. The van der Waals surface area contributed by atoms with Gasteiger partial charge in [-0.05, 0) is 37.8 Å².